The highest BCUT2D eigenvalue weighted by Crippen LogP contribution is 2.49. The van der Waals surface area contributed by atoms with Gasteiger partial charge in [-0.3, -0.25) is 10.1 Å². The number of ether oxygens (including phenoxy) is 1. The molecule has 6 nitrogen and oxygen atoms in total. The zero-order chi connectivity index (χ0) is 16.5. The molecule has 6 heteroatoms. The van der Waals surface area contributed by atoms with Gasteiger partial charge >= 0.3 is 12.1 Å². The lowest BCUT2D eigenvalue weighted by Crippen LogP contribution is -2.27. The summed E-state index contributed by atoms with van der Waals surface area (Å²) in [6, 6.07) is 4.57. The summed E-state index contributed by atoms with van der Waals surface area (Å²) in [6.07, 6.45) is 0.859. The topological polar surface area (TPSA) is 95.9 Å². The van der Waals surface area contributed by atoms with Gasteiger partial charge in [-0.1, -0.05) is 0 Å². The van der Waals surface area contributed by atoms with E-state index in [1.807, 2.05) is 0 Å². The first kappa shape index (κ1) is 16.1. The monoisotopic (exact) mass is 307 g/mol. The summed E-state index contributed by atoms with van der Waals surface area (Å²) in [7, 11) is 0. The Morgan fingerprint density at radius 3 is 2.45 bits per heavy atom. The SMILES string of the molecule is CC(C)(C)OC(=O)Nc1ccc(O)c(CC2(C(=O)O)CC2)c1. The van der Waals surface area contributed by atoms with Crippen LogP contribution in [0.2, 0.25) is 0 Å². The third-order valence-electron chi connectivity index (χ3n) is 3.56. The van der Waals surface area contributed by atoms with Gasteiger partial charge in [-0.25, -0.2) is 4.79 Å². The molecule has 1 saturated carbocycles. The Morgan fingerprint density at radius 2 is 1.95 bits per heavy atom. The highest BCUT2D eigenvalue weighted by Gasteiger charge is 2.50. The molecule has 0 atom stereocenters. The van der Waals surface area contributed by atoms with Gasteiger partial charge < -0.3 is 14.9 Å². The summed E-state index contributed by atoms with van der Waals surface area (Å²) < 4.78 is 5.16. The van der Waals surface area contributed by atoms with Crippen molar-refractivity contribution >= 4 is 17.7 Å². The highest BCUT2D eigenvalue weighted by atomic mass is 16.6. The van der Waals surface area contributed by atoms with E-state index in [-0.39, 0.29) is 12.2 Å². The number of nitrogens with one attached hydrogen (secondary N) is 1. The van der Waals surface area contributed by atoms with Crippen LogP contribution in [0.4, 0.5) is 10.5 Å². The van der Waals surface area contributed by atoms with Crippen LogP contribution in [0.3, 0.4) is 0 Å². The minimum absolute atomic E-state index is 0.0299. The average Bonchev–Trinajstić information content (AvgIpc) is 3.12. The Labute approximate surface area is 129 Å². The number of benzene rings is 1. The van der Waals surface area contributed by atoms with Crippen molar-refractivity contribution in [3.05, 3.63) is 23.8 Å². The van der Waals surface area contributed by atoms with Crippen LogP contribution in [-0.4, -0.2) is 27.9 Å². The number of hydrogen-bond acceptors (Lipinski definition) is 4. The van der Waals surface area contributed by atoms with Gasteiger partial charge in [0, 0.05) is 5.69 Å². The van der Waals surface area contributed by atoms with Crippen molar-refractivity contribution in [3.63, 3.8) is 0 Å². The lowest BCUT2D eigenvalue weighted by molar-refractivity contribution is -0.143. The third kappa shape index (κ3) is 3.90. The van der Waals surface area contributed by atoms with Crippen LogP contribution in [0.5, 0.6) is 5.75 Å². The summed E-state index contributed by atoms with van der Waals surface area (Å²) in [5, 5.41) is 21.7. The molecule has 1 fully saturated rings. The maximum Gasteiger partial charge on any atom is 0.412 e. The molecule has 1 aromatic carbocycles. The van der Waals surface area contributed by atoms with Gasteiger partial charge in [0.1, 0.15) is 11.4 Å². The molecule has 0 saturated heterocycles. The molecule has 0 heterocycles. The largest absolute Gasteiger partial charge is 0.508 e. The second kappa shape index (κ2) is 5.51. The quantitative estimate of drug-likeness (QED) is 0.743. The fourth-order valence-electron chi connectivity index (χ4n) is 2.21. The fraction of sp³-hybridized carbons (Fsp3) is 0.500. The smallest absolute Gasteiger partial charge is 0.412 e. The van der Waals surface area contributed by atoms with Gasteiger partial charge in [-0.2, -0.15) is 0 Å². The zero-order valence-electron chi connectivity index (χ0n) is 13.0. The van der Waals surface area contributed by atoms with Gasteiger partial charge in [0.2, 0.25) is 0 Å². The molecule has 0 radical (unpaired) electrons. The van der Waals surface area contributed by atoms with Crippen molar-refractivity contribution in [1.82, 2.24) is 0 Å². The van der Waals surface area contributed by atoms with Crippen molar-refractivity contribution < 1.29 is 24.5 Å². The van der Waals surface area contributed by atoms with E-state index in [1.165, 1.54) is 6.07 Å². The minimum Gasteiger partial charge on any atom is -0.508 e. The van der Waals surface area contributed by atoms with Crippen LogP contribution >= 0.6 is 0 Å². The minimum atomic E-state index is -0.850. The molecule has 1 aliphatic carbocycles. The summed E-state index contributed by atoms with van der Waals surface area (Å²) in [5.74, 6) is -0.820. The van der Waals surface area contributed by atoms with E-state index in [0.29, 0.717) is 24.1 Å². The second-order valence-corrected chi connectivity index (χ2v) is 6.73. The van der Waals surface area contributed by atoms with Crippen LogP contribution in [0.25, 0.3) is 0 Å². The van der Waals surface area contributed by atoms with E-state index in [4.69, 9.17) is 4.74 Å². The number of carbonyl (C=O) groups excluding carboxylic acids is 1. The number of phenolic OH excluding ortho intramolecular Hbond substituents is 1. The maximum absolute atomic E-state index is 11.7. The van der Waals surface area contributed by atoms with Crippen molar-refractivity contribution in [2.45, 2.75) is 45.6 Å². The molecule has 22 heavy (non-hydrogen) atoms. The molecule has 0 aliphatic heterocycles. The summed E-state index contributed by atoms with van der Waals surface area (Å²) in [5.41, 5.74) is -0.413. The fourth-order valence-corrected chi connectivity index (χ4v) is 2.21. The maximum atomic E-state index is 11.7. The molecule has 0 unspecified atom stereocenters. The number of aliphatic carboxylic acids is 1. The van der Waals surface area contributed by atoms with Gasteiger partial charge in [-0.15, -0.1) is 0 Å². The molecule has 0 bridgehead atoms. The number of carbonyl (C=O) groups is 2. The molecular formula is C16H21NO5. The highest BCUT2D eigenvalue weighted by molar-refractivity contribution is 5.85. The Balaban J connectivity index is 2.10. The van der Waals surface area contributed by atoms with Crippen molar-refractivity contribution in [2.75, 3.05) is 5.32 Å². The molecule has 120 valence electrons. The zero-order valence-corrected chi connectivity index (χ0v) is 13.0. The van der Waals surface area contributed by atoms with Crippen LogP contribution < -0.4 is 5.32 Å². The number of phenols is 1. The molecule has 2 rings (SSSR count). The molecule has 1 aromatic rings. The first-order valence-electron chi connectivity index (χ1n) is 7.17. The molecule has 0 spiro atoms. The van der Waals surface area contributed by atoms with Gasteiger partial charge in [0.25, 0.3) is 0 Å². The first-order valence-corrected chi connectivity index (χ1v) is 7.17. The number of carboxylic acids is 1. The van der Waals surface area contributed by atoms with Gasteiger partial charge in [0.05, 0.1) is 5.41 Å². The van der Waals surface area contributed by atoms with E-state index in [1.54, 1.807) is 32.9 Å². The predicted molar refractivity (Wildman–Crippen MR) is 81.0 cm³/mol. The van der Waals surface area contributed by atoms with Crippen LogP contribution in [0.15, 0.2) is 18.2 Å². The van der Waals surface area contributed by atoms with Gasteiger partial charge in [0.15, 0.2) is 0 Å². The molecule has 3 N–H and O–H groups in total. The van der Waals surface area contributed by atoms with Gasteiger partial charge in [-0.05, 0) is 63.8 Å². The average molecular weight is 307 g/mol. The van der Waals surface area contributed by atoms with E-state index in [9.17, 15) is 19.8 Å². The van der Waals surface area contributed by atoms with E-state index >= 15 is 0 Å². The summed E-state index contributed by atoms with van der Waals surface area (Å²) >= 11 is 0. The summed E-state index contributed by atoms with van der Waals surface area (Å²) in [6.45, 7) is 5.29. The number of carboxylic acid groups (broad SMARTS) is 1. The number of aromatic hydroxyl groups is 1. The molecular weight excluding hydrogens is 286 g/mol. The molecule has 1 aliphatic rings. The number of anilines is 1. The van der Waals surface area contributed by atoms with E-state index in [2.05, 4.69) is 5.32 Å². The Hall–Kier alpha value is -2.24. The lowest BCUT2D eigenvalue weighted by atomic mass is 9.95. The lowest BCUT2D eigenvalue weighted by Gasteiger charge is -2.20. The Morgan fingerprint density at radius 1 is 1.32 bits per heavy atom. The first-order chi connectivity index (χ1) is 10.1. The normalized spacial score (nSPS) is 16.0. The van der Waals surface area contributed by atoms with Crippen LogP contribution in [0, 0.1) is 5.41 Å². The van der Waals surface area contributed by atoms with Crippen molar-refractivity contribution in [2.24, 2.45) is 5.41 Å². The second-order valence-electron chi connectivity index (χ2n) is 6.73. The van der Waals surface area contributed by atoms with Crippen molar-refractivity contribution in [1.29, 1.82) is 0 Å². The van der Waals surface area contributed by atoms with Crippen molar-refractivity contribution in [3.8, 4) is 5.75 Å². The number of amides is 1. The predicted octanol–water partition coefficient (Wildman–Crippen LogP) is 3.15. The van der Waals surface area contributed by atoms with E-state index < -0.39 is 23.1 Å². The van der Waals surface area contributed by atoms with E-state index in [0.717, 1.165) is 0 Å². The molecule has 0 aromatic heterocycles. The number of rotatable bonds is 4. The van der Waals surface area contributed by atoms with Crippen LogP contribution in [0.1, 0.15) is 39.2 Å². The Kier molecular flexibility index (Phi) is 4.04. The number of hydrogen-bond donors (Lipinski definition) is 3. The molecule has 1 amide bonds. The third-order valence-corrected chi connectivity index (χ3v) is 3.56. The van der Waals surface area contributed by atoms with Crippen LogP contribution in [-0.2, 0) is 16.0 Å². The Bertz CT molecular complexity index is 599. The summed E-state index contributed by atoms with van der Waals surface area (Å²) in [4.78, 5) is 23.0. The standard InChI is InChI=1S/C16H21NO5/c1-15(2,3)22-14(21)17-11-4-5-12(18)10(8-11)9-16(6-7-16)13(19)20/h4-5,8,18H,6-7,9H2,1-3H3,(H,17,21)(H,19,20).